The topological polar surface area (TPSA) is 35.6 Å². The standard InChI is InChI=1S/C13H15BrClN3OS/c1-17-4-6-18(7-5-17)13(20)16-12(19)10-8-9(14)2-3-11(10)15/h2-3,8H,4-7H2,1H3,(H,16,19,20). The third-order valence-corrected chi connectivity index (χ3v) is 4.37. The van der Waals surface area contributed by atoms with Crippen molar-refractivity contribution >= 4 is 50.8 Å². The second kappa shape index (κ2) is 6.85. The van der Waals surface area contributed by atoms with E-state index in [0.29, 0.717) is 15.7 Å². The lowest BCUT2D eigenvalue weighted by Crippen LogP contribution is -2.51. The van der Waals surface area contributed by atoms with Gasteiger partial charge >= 0.3 is 0 Å². The average Bonchev–Trinajstić information content (AvgIpc) is 2.42. The Morgan fingerprint density at radius 3 is 2.65 bits per heavy atom. The minimum Gasteiger partial charge on any atom is -0.346 e. The van der Waals surface area contributed by atoms with Gasteiger partial charge in [-0.15, -0.1) is 0 Å². The second-order valence-corrected chi connectivity index (χ2v) is 6.38. The Hall–Kier alpha value is -0.690. The highest BCUT2D eigenvalue weighted by Crippen LogP contribution is 2.20. The maximum atomic E-state index is 12.2. The molecule has 0 unspecified atom stereocenters. The van der Waals surface area contributed by atoms with Crippen LogP contribution in [-0.2, 0) is 0 Å². The van der Waals surface area contributed by atoms with Gasteiger partial charge in [-0.25, -0.2) is 0 Å². The molecular formula is C13H15BrClN3OS. The summed E-state index contributed by atoms with van der Waals surface area (Å²) >= 11 is 14.6. The number of likely N-dealkylation sites (N-methyl/N-ethyl adjacent to an activating group) is 1. The summed E-state index contributed by atoms with van der Waals surface area (Å²) in [4.78, 5) is 16.4. The fraction of sp³-hybridized carbons (Fsp3) is 0.385. The fourth-order valence-corrected chi connectivity index (χ4v) is 2.76. The number of piperazine rings is 1. The van der Waals surface area contributed by atoms with Gasteiger partial charge in [0.25, 0.3) is 5.91 Å². The molecule has 0 aliphatic carbocycles. The van der Waals surface area contributed by atoms with E-state index in [2.05, 4.69) is 33.2 Å². The zero-order chi connectivity index (χ0) is 14.7. The second-order valence-electron chi connectivity index (χ2n) is 4.67. The minimum atomic E-state index is -0.278. The number of hydrogen-bond acceptors (Lipinski definition) is 3. The normalized spacial score (nSPS) is 16.1. The number of halogens is 2. The van der Waals surface area contributed by atoms with Crippen molar-refractivity contribution in [3.8, 4) is 0 Å². The van der Waals surface area contributed by atoms with Gasteiger partial charge in [0.05, 0.1) is 10.6 Å². The van der Waals surface area contributed by atoms with Gasteiger partial charge in [-0.05, 0) is 37.5 Å². The molecule has 0 atom stereocenters. The van der Waals surface area contributed by atoms with Gasteiger partial charge in [-0.3, -0.25) is 10.1 Å². The third kappa shape index (κ3) is 3.91. The number of amides is 1. The Morgan fingerprint density at radius 2 is 2.00 bits per heavy atom. The van der Waals surface area contributed by atoms with Crippen molar-refractivity contribution in [1.29, 1.82) is 0 Å². The van der Waals surface area contributed by atoms with Crippen LogP contribution in [0.15, 0.2) is 22.7 Å². The molecule has 108 valence electrons. The van der Waals surface area contributed by atoms with Gasteiger partial charge in [0.15, 0.2) is 5.11 Å². The van der Waals surface area contributed by atoms with Crippen LogP contribution in [0.25, 0.3) is 0 Å². The highest BCUT2D eigenvalue weighted by Gasteiger charge is 2.19. The van der Waals surface area contributed by atoms with Crippen LogP contribution in [0.3, 0.4) is 0 Å². The SMILES string of the molecule is CN1CCN(C(=S)NC(=O)c2cc(Br)ccc2Cl)CC1. The molecule has 1 heterocycles. The molecule has 1 aromatic rings. The molecule has 20 heavy (non-hydrogen) atoms. The quantitative estimate of drug-likeness (QED) is 0.763. The van der Waals surface area contributed by atoms with Crippen molar-refractivity contribution in [3.63, 3.8) is 0 Å². The molecule has 1 aliphatic heterocycles. The van der Waals surface area contributed by atoms with Gasteiger partial charge in [0, 0.05) is 30.7 Å². The van der Waals surface area contributed by atoms with Crippen LogP contribution >= 0.6 is 39.7 Å². The van der Waals surface area contributed by atoms with E-state index in [-0.39, 0.29) is 5.91 Å². The summed E-state index contributed by atoms with van der Waals surface area (Å²) in [5, 5.41) is 3.61. The van der Waals surface area contributed by atoms with Crippen LogP contribution in [-0.4, -0.2) is 54.0 Å². The van der Waals surface area contributed by atoms with Gasteiger partial charge in [-0.2, -0.15) is 0 Å². The molecule has 4 nitrogen and oxygen atoms in total. The number of hydrogen-bond donors (Lipinski definition) is 1. The molecule has 7 heteroatoms. The molecule has 0 aromatic heterocycles. The van der Waals surface area contributed by atoms with Crippen molar-refractivity contribution in [2.75, 3.05) is 33.2 Å². The summed E-state index contributed by atoms with van der Waals surface area (Å²) in [5.74, 6) is -0.278. The molecule has 0 saturated carbocycles. The lowest BCUT2D eigenvalue weighted by Gasteiger charge is -2.33. The zero-order valence-corrected chi connectivity index (χ0v) is 14.2. The summed E-state index contributed by atoms with van der Waals surface area (Å²) in [6.45, 7) is 3.52. The van der Waals surface area contributed by atoms with Gasteiger partial charge < -0.3 is 9.80 Å². The first kappa shape index (κ1) is 15.7. The van der Waals surface area contributed by atoms with Crippen molar-refractivity contribution in [1.82, 2.24) is 15.1 Å². The first-order chi connectivity index (χ1) is 9.47. The molecule has 1 N–H and O–H groups in total. The van der Waals surface area contributed by atoms with Crippen molar-refractivity contribution in [2.24, 2.45) is 0 Å². The number of thiocarbonyl (C=S) groups is 1. The number of rotatable bonds is 1. The Balaban J connectivity index is 2.00. The number of benzene rings is 1. The highest BCUT2D eigenvalue weighted by atomic mass is 79.9. The van der Waals surface area contributed by atoms with Crippen molar-refractivity contribution < 1.29 is 4.79 Å². The lowest BCUT2D eigenvalue weighted by atomic mass is 10.2. The molecule has 1 amide bonds. The van der Waals surface area contributed by atoms with E-state index in [1.807, 2.05) is 4.90 Å². The molecule has 1 fully saturated rings. The predicted molar refractivity (Wildman–Crippen MR) is 88.3 cm³/mol. The van der Waals surface area contributed by atoms with E-state index in [1.165, 1.54) is 0 Å². The average molecular weight is 377 g/mol. The first-order valence-electron chi connectivity index (χ1n) is 6.21. The lowest BCUT2D eigenvalue weighted by molar-refractivity contribution is 0.0971. The van der Waals surface area contributed by atoms with Crippen LogP contribution in [0, 0.1) is 0 Å². The molecule has 0 spiro atoms. The Morgan fingerprint density at radius 1 is 1.35 bits per heavy atom. The predicted octanol–water partition coefficient (Wildman–Crippen LogP) is 2.36. The molecule has 1 aliphatic rings. The number of carbonyl (C=O) groups excluding carboxylic acids is 1. The van der Waals surface area contributed by atoms with Gasteiger partial charge in [0.2, 0.25) is 0 Å². The Kier molecular flexibility index (Phi) is 5.37. The largest absolute Gasteiger partial charge is 0.346 e. The fourth-order valence-electron chi connectivity index (χ4n) is 1.92. The van der Waals surface area contributed by atoms with E-state index in [9.17, 15) is 4.79 Å². The summed E-state index contributed by atoms with van der Waals surface area (Å²) in [6, 6.07) is 5.15. The number of nitrogens with zero attached hydrogens (tertiary/aromatic N) is 2. The molecule has 1 saturated heterocycles. The van der Waals surface area contributed by atoms with Crippen LogP contribution in [0.2, 0.25) is 5.02 Å². The maximum absolute atomic E-state index is 12.2. The highest BCUT2D eigenvalue weighted by molar-refractivity contribution is 9.10. The van der Waals surface area contributed by atoms with Gasteiger partial charge in [-0.1, -0.05) is 27.5 Å². The summed E-state index contributed by atoms with van der Waals surface area (Å²) < 4.78 is 0.803. The summed E-state index contributed by atoms with van der Waals surface area (Å²) in [5.41, 5.74) is 0.414. The molecular weight excluding hydrogens is 362 g/mol. The van der Waals surface area contributed by atoms with E-state index in [1.54, 1.807) is 18.2 Å². The van der Waals surface area contributed by atoms with E-state index in [4.69, 9.17) is 23.8 Å². The monoisotopic (exact) mass is 375 g/mol. The van der Waals surface area contributed by atoms with Crippen molar-refractivity contribution in [3.05, 3.63) is 33.3 Å². The van der Waals surface area contributed by atoms with Crippen LogP contribution in [0.1, 0.15) is 10.4 Å². The molecule has 0 bridgehead atoms. The maximum Gasteiger partial charge on any atom is 0.258 e. The first-order valence-corrected chi connectivity index (χ1v) is 7.79. The van der Waals surface area contributed by atoms with Crippen molar-refractivity contribution in [2.45, 2.75) is 0 Å². The Bertz CT molecular complexity index is 532. The summed E-state index contributed by atoms with van der Waals surface area (Å²) in [7, 11) is 2.07. The third-order valence-electron chi connectivity index (χ3n) is 3.18. The zero-order valence-electron chi connectivity index (χ0n) is 11.0. The van der Waals surface area contributed by atoms with E-state index < -0.39 is 0 Å². The molecule has 1 aromatic carbocycles. The van der Waals surface area contributed by atoms with Crippen LogP contribution in [0.4, 0.5) is 0 Å². The molecule has 0 radical (unpaired) electrons. The summed E-state index contributed by atoms with van der Waals surface area (Å²) in [6.07, 6.45) is 0. The molecule has 2 rings (SSSR count). The number of carbonyl (C=O) groups is 1. The van der Waals surface area contributed by atoms with E-state index >= 15 is 0 Å². The van der Waals surface area contributed by atoms with E-state index in [0.717, 1.165) is 30.7 Å². The van der Waals surface area contributed by atoms with Gasteiger partial charge in [0.1, 0.15) is 0 Å². The number of nitrogens with one attached hydrogen (secondary N) is 1. The van der Waals surface area contributed by atoms with Crippen LogP contribution < -0.4 is 5.32 Å². The smallest absolute Gasteiger partial charge is 0.258 e. The minimum absolute atomic E-state index is 0.278. The van der Waals surface area contributed by atoms with Crippen LogP contribution in [0.5, 0.6) is 0 Å². The Labute approximate surface area is 137 Å².